The molecule has 0 radical (unpaired) electrons. The highest BCUT2D eigenvalue weighted by atomic mass is 32.1. The molecule has 1 aromatic carbocycles. The van der Waals surface area contributed by atoms with Crippen LogP contribution in [0.15, 0.2) is 24.3 Å². The van der Waals surface area contributed by atoms with Crippen LogP contribution < -0.4 is 10.6 Å². The van der Waals surface area contributed by atoms with E-state index in [1.807, 2.05) is 26.0 Å². The van der Waals surface area contributed by atoms with Crippen molar-refractivity contribution in [2.24, 2.45) is 11.8 Å². The van der Waals surface area contributed by atoms with Crippen molar-refractivity contribution in [2.45, 2.75) is 58.7 Å². The molecule has 3 atom stereocenters. The van der Waals surface area contributed by atoms with Gasteiger partial charge < -0.3 is 20.6 Å². The van der Waals surface area contributed by atoms with E-state index < -0.39 is 12.0 Å². The number of aliphatic carboxylic acids is 1. The Morgan fingerprint density at radius 2 is 1.96 bits per heavy atom. The van der Waals surface area contributed by atoms with E-state index in [1.165, 1.54) is 16.0 Å². The fourth-order valence-corrected chi connectivity index (χ4v) is 4.12. The highest BCUT2D eigenvalue weighted by Gasteiger charge is 2.37. The summed E-state index contributed by atoms with van der Waals surface area (Å²) in [5, 5.41) is 16.5. The number of hydrogen-bond acceptors (Lipinski definition) is 3. The molecule has 0 aromatic heterocycles. The van der Waals surface area contributed by atoms with Crippen LogP contribution in [0.5, 0.6) is 0 Å². The van der Waals surface area contributed by atoms with Gasteiger partial charge in [0.2, 0.25) is 5.91 Å². The van der Waals surface area contributed by atoms with Gasteiger partial charge >= 0.3 is 5.97 Å². The van der Waals surface area contributed by atoms with Gasteiger partial charge in [0.05, 0.1) is 0 Å². The number of thiocarbonyl (C=S) groups is 1. The third-order valence-electron chi connectivity index (χ3n) is 5.47. The van der Waals surface area contributed by atoms with Gasteiger partial charge in [-0.1, -0.05) is 38.1 Å². The zero-order valence-electron chi connectivity index (χ0n) is 17.1. The van der Waals surface area contributed by atoms with Crippen molar-refractivity contribution < 1.29 is 14.7 Å². The molecule has 0 aliphatic heterocycles. The van der Waals surface area contributed by atoms with Crippen molar-refractivity contribution >= 4 is 29.2 Å². The topological polar surface area (TPSA) is 81.7 Å². The molecule has 0 heterocycles. The average Bonchev–Trinajstić information content (AvgIpc) is 3.08. The molecule has 0 saturated heterocycles. The molecular formula is C21H31N3O3S. The summed E-state index contributed by atoms with van der Waals surface area (Å²) in [5.74, 6) is -1.36. The van der Waals surface area contributed by atoms with Crippen molar-refractivity contribution in [3.63, 3.8) is 0 Å². The highest BCUT2D eigenvalue weighted by Crippen LogP contribution is 2.28. The van der Waals surface area contributed by atoms with Gasteiger partial charge in [-0.15, -0.1) is 0 Å². The minimum Gasteiger partial charge on any atom is -0.480 e. The van der Waals surface area contributed by atoms with E-state index in [0.717, 1.165) is 12.8 Å². The van der Waals surface area contributed by atoms with E-state index in [2.05, 4.69) is 29.7 Å². The molecule has 3 N–H and O–H groups in total. The number of aryl methyl sites for hydroxylation is 1. The monoisotopic (exact) mass is 405 g/mol. The third kappa shape index (κ3) is 5.67. The van der Waals surface area contributed by atoms with Crippen molar-refractivity contribution in [1.29, 1.82) is 0 Å². The van der Waals surface area contributed by atoms with Crippen LogP contribution in [-0.2, 0) is 16.1 Å². The number of nitrogens with one attached hydrogen (secondary N) is 2. The molecule has 1 amide bonds. The Morgan fingerprint density at radius 3 is 2.57 bits per heavy atom. The maximum absolute atomic E-state index is 12.8. The second-order valence-corrected chi connectivity index (χ2v) is 8.34. The van der Waals surface area contributed by atoms with Gasteiger partial charge in [0, 0.05) is 25.6 Å². The average molecular weight is 406 g/mol. The van der Waals surface area contributed by atoms with Gasteiger partial charge in [-0.05, 0) is 55.4 Å². The lowest BCUT2D eigenvalue weighted by Crippen LogP contribution is -2.48. The predicted molar refractivity (Wildman–Crippen MR) is 114 cm³/mol. The lowest BCUT2D eigenvalue weighted by Gasteiger charge is -2.30. The quantitative estimate of drug-likeness (QED) is 0.605. The number of benzene rings is 1. The maximum Gasteiger partial charge on any atom is 0.326 e. The second kappa shape index (κ2) is 9.87. The number of nitrogens with zero attached hydrogens (tertiary/aromatic N) is 1. The summed E-state index contributed by atoms with van der Waals surface area (Å²) in [5.41, 5.74) is 2.41. The van der Waals surface area contributed by atoms with Crippen molar-refractivity contribution in [1.82, 2.24) is 15.5 Å². The third-order valence-corrected chi connectivity index (χ3v) is 5.73. The minimum absolute atomic E-state index is 0.0933. The molecule has 1 aromatic rings. The maximum atomic E-state index is 12.8. The van der Waals surface area contributed by atoms with E-state index in [-0.39, 0.29) is 23.8 Å². The van der Waals surface area contributed by atoms with Gasteiger partial charge in [-0.25, -0.2) is 4.79 Å². The number of rotatable bonds is 7. The standard InChI is InChI=1S/C21H31N3O3S/c1-13(2)18(20(26)27)24(4)19(25)15-9-10-17(11-15)23-21(28)22-12-16-8-6-5-7-14(16)3/h5-8,13,15,17-18H,9-12H2,1-4H3,(H,26,27)(H2,22,23,28)/t15-,17-,18-/m0/s1. The molecule has 0 bridgehead atoms. The smallest absolute Gasteiger partial charge is 0.326 e. The molecule has 1 fully saturated rings. The van der Waals surface area contributed by atoms with E-state index in [4.69, 9.17) is 12.2 Å². The number of amides is 1. The lowest BCUT2D eigenvalue weighted by atomic mass is 10.00. The van der Waals surface area contributed by atoms with Crippen LogP contribution in [0.2, 0.25) is 0 Å². The van der Waals surface area contributed by atoms with Crippen LogP contribution >= 0.6 is 12.2 Å². The fourth-order valence-electron chi connectivity index (χ4n) is 3.88. The molecule has 28 heavy (non-hydrogen) atoms. The SMILES string of the molecule is Cc1ccccc1CNC(=S)N[C@H]1CC[C@H](C(=O)N(C)[C@H](C(=O)O)C(C)C)C1. The Morgan fingerprint density at radius 1 is 1.29 bits per heavy atom. The molecule has 1 aliphatic rings. The fraction of sp³-hybridized carbons (Fsp3) is 0.571. The van der Waals surface area contributed by atoms with E-state index in [9.17, 15) is 14.7 Å². The van der Waals surface area contributed by atoms with E-state index in [0.29, 0.717) is 18.1 Å². The summed E-state index contributed by atoms with van der Waals surface area (Å²) < 4.78 is 0. The Balaban J connectivity index is 1.84. The van der Waals surface area contributed by atoms with Gasteiger partial charge in [0.1, 0.15) is 6.04 Å². The summed E-state index contributed by atoms with van der Waals surface area (Å²) in [6.45, 7) is 6.37. The number of carbonyl (C=O) groups is 2. The summed E-state index contributed by atoms with van der Waals surface area (Å²) in [6, 6.07) is 7.48. The molecule has 154 valence electrons. The summed E-state index contributed by atoms with van der Waals surface area (Å²) in [6.07, 6.45) is 2.25. The van der Waals surface area contributed by atoms with Crippen LogP contribution in [-0.4, -0.2) is 46.1 Å². The van der Waals surface area contributed by atoms with Crippen molar-refractivity contribution in [2.75, 3.05) is 7.05 Å². The molecule has 7 heteroatoms. The van der Waals surface area contributed by atoms with E-state index >= 15 is 0 Å². The van der Waals surface area contributed by atoms with Crippen molar-refractivity contribution in [3.05, 3.63) is 35.4 Å². The number of hydrogen-bond donors (Lipinski definition) is 3. The van der Waals surface area contributed by atoms with Gasteiger partial charge in [-0.2, -0.15) is 0 Å². The van der Waals surface area contributed by atoms with Crippen LogP contribution in [0.4, 0.5) is 0 Å². The number of carbonyl (C=O) groups excluding carboxylic acids is 1. The zero-order chi connectivity index (χ0) is 20.8. The molecule has 1 saturated carbocycles. The molecule has 0 spiro atoms. The Labute approximate surface area is 172 Å². The van der Waals surface area contributed by atoms with Crippen LogP contribution in [0.3, 0.4) is 0 Å². The predicted octanol–water partition coefficient (Wildman–Crippen LogP) is 2.70. The Bertz CT molecular complexity index is 723. The Hall–Kier alpha value is -2.15. The normalized spacial score (nSPS) is 19.9. The lowest BCUT2D eigenvalue weighted by molar-refractivity contribution is -0.152. The highest BCUT2D eigenvalue weighted by molar-refractivity contribution is 7.80. The number of likely N-dealkylation sites (N-methyl/N-ethyl adjacent to an activating group) is 1. The first-order valence-electron chi connectivity index (χ1n) is 9.79. The number of carboxylic acids is 1. The molecule has 6 nitrogen and oxygen atoms in total. The second-order valence-electron chi connectivity index (χ2n) is 7.94. The first kappa shape index (κ1) is 22.1. The zero-order valence-corrected chi connectivity index (χ0v) is 17.9. The van der Waals surface area contributed by atoms with Gasteiger partial charge in [0.25, 0.3) is 0 Å². The summed E-state index contributed by atoms with van der Waals surface area (Å²) in [4.78, 5) is 25.7. The first-order chi connectivity index (χ1) is 13.2. The first-order valence-corrected chi connectivity index (χ1v) is 10.2. The Kier molecular flexibility index (Phi) is 7.80. The van der Waals surface area contributed by atoms with Gasteiger partial charge in [-0.3, -0.25) is 4.79 Å². The largest absolute Gasteiger partial charge is 0.480 e. The van der Waals surface area contributed by atoms with E-state index in [1.54, 1.807) is 7.05 Å². The number of carboxylic acid groups (broad SMARTS) is 1. The summed E-state index contributed by atoms with van der Waals surface area (Å²) >= 11 is 5.40. The molecule has 0 unspecified atom stereocenters. The molecule has 1 aliphatic carbocycles. The summed E-state index contributed by atoms with van der Waals surface area (Å²) in [7, 11) is 1.59. The van der Waals surface area contributed by atoms with Crippen LogP contribution in [0, 0.1) is 18.8 Å². The molecule has 2 rings (SSSR count). The van der Waals surface area contributed by atoms with Crippen LogP contribution in [0.1, 0.15) is 44.2 Å². The molecular weight excluding hydrogens is 374 g/mol. The van der Waals surface area contributed by atoms with Gasteiger partial charge in [0.15, 0.2) is 5.11 Å². The van der Waals surface area contributed by atoms with Crippen LogP contribution in [0.25, 0.3) is 0 Å². The van der Waals surface area contributed by atoms with Crippen molar-refractivity contribution in [3.8, 4) is 0 Å². The minimum atomic E-state index is -0.958.